The minimum atomic E-state index is -0.867. The van der Waals surface area contributed by atoms with Gasteiger partial charge in [0.05, 0.1) is 0 Å². The molecule has 0 aromatic rings. The third-order valence-electron chi connectivity index (χ3n) is 8.64. The SMILES string of the molecule is CC\C=C/C=C\C=C/C=C\C=C/CCCC(=O)OCC(COC(=O)CCCCC/C=C\C/C=C\C/C=C\C/C=C\C/C=C\CC)OC(=O)CCC\C=C/C=C\C=C/C=C\C=C/CC. The van der Waals surface area contributed by atoms with Gasteiger partial charge < -0.3 is 14.2 Å². The van der Waals surface area contributed by atoms with Crippen molar-refractivity contribution in [2.45, 2.75) is 142 Å². The van der Waals surface area contributed by atoms with Crippen molar-refractivity contribution < 1.29 is 28.6 Å². The van der Waals surface area contributed by atoms with Gasteiger partial charge in [0.2, 0.25) is 0 Å². The Morgan fingerprint density at radius 3 is 1.10 bits per heavy atom. The van der Waals surface area contributed by atoms with E-state index in [-0.39, 0.29) is 44.4 Å². The quantitative estimate of drug-likeness (QED) is 0.0202. The third kappa shape index (κ3) is 47.4. The second kappa shape index (κ2) is 49.2. The lowest BCUT2D eigenvalue weighted by molar-refractivity contribution is -0.167. The summed E-state index contributed by atoms with van der Waals surface area (Å²) in [6.07, 6.45) is 74.6. The van der Waals surface area contributed by atoms with Crippen LogP contribution in [-0.2, 0) is 28.6 Å². The van der Waals surface area contributed by atoms with Crippen LogP contribution in [0, 0.1) is 0 Å². The van der Waals surface area contributed by atoms with Gasteiger partial charge in [-0.2, -0.15) is 0 Å². The number of ether oxygens (including phenoxy) is 3. The molecule has 1 unspecified atom stereocenters. The lowest BCUT2D eigenvalue weighted by Gasteiger charge is -2.18. The van der Waals surface area contributed by atoms with Gasteiger partial charge in [0.1, 0.15) is 13.2 Å². The van der Waals surface area contributed by atoms with E-state index in [1.54, 1.807) is 0 Å². The van der Waals surface area contributed by atoms with E-state index >= 15 is 0 Å². The zero-order valence-corrected chi connectivity index (χ0v) is 39.0. The van der Waals surface area contributed by atoms with E-state index in [0.29, 0.717) is 25.7 Å². The zero-order chi connectivity index (χ0) is 45.8. The molecule has 1 atom stereocenters. The van der Waals surface area contributed by atoms with Crippen molar-refractivity contribution in [3.8, 4) is 0 Å². The Bertz CT molecular complexity index is 1600. The van der Waals surface area contributed by atoms with Crippen LogP contribution in [0.15, 0.2) is 182 Å². The summed E-state index contributed by atoms with van der Waals surface area (Å²) in [6, 6.07) is 0. The van der Waals surface area contributed by atoms with Gasteiger partial charge >= 0.3 is 17.9 Å². The number of hydrogen-bond acceptors (Lipinski definition) is 6. The number of allylic oxidation sites excluding steroid dienone is 30. The smallest absolute Gasteiger partial charge is 0.306 e. The summed E-state index contributed by atoms with van der Waals surface area (Å²) in [7, 11) is 0. The van der Waals surface area contributed by atoms with Crippen LogP contribution in [0.3, 0.4) is 0 Å². The predicted molar refractivity (Wildman–Crippen MR) is 269 cm³/mol. The van der Waals surface area contributed by atoms with E-state index in [1.165, 1.54) is 0 Å². The highest BCUT2D eigenvalue weighted by Crippen LogP contribution is 2.09. The van der Waals surface area contributed by atoms with Crippen LogP contribution in [0.5, 0.6) is 0 Å². The molecular formula is C57H80O6. The monoisotopic (exact) mass is 861 g/mol. The molecular weight excluding hydrogens is 781 g/mol. The van der Waals surface area contributed by atoms with Crippen LogP contribution >= 0.6 is 0 Å². The summed E-state index contributed by atoms with van der Waals surface area (Å²) in [5, 5.41) is 0. The summed E-state index contributed by atoms with van der Waals surface area (Å²) < 4.78 is 16.6. The Balaban J connectivity index is 4.68. The maximum atomic E-state index is 12.7. The van der Waals surface area contributed by atoms with Crippen LogP contribution in [0.2, 0.25) is 0 Å². The highest BCUT2D eigenvalue weighted by molar-refractivity contribution is 5.71. The second-order valence-corrected chi connectivity index (χ2v) is 14.4. The number of esters is 3. The molecule has 0 aromatic heterocycles. The van der Waals surface area contributed by atoms with Crippen molar-refractivity contribution >= 4 is 17.9 Å². The first kappa shape index (κ1) is 57.5. The summed E-state index contributed by atoms with van der Waals surface area (Å²) in [5.41, 5.74) is 0. The molecule has 344 valence electrons. The second-order valence-electron chi connectivity index (χ2n) is 14.4. The number of unbranched alkanes of at least 4 members (excludes halogenated alkanes) is 5. The molecule has 0 spiro atoms. The molecule has 0 aliphatic rings. The van der Waals surface area contributed by atoms with Gasteiger partial charge in [-0.3, -0.25) is 14.4 Å². The lowest BCUT2D eigenvalue weighted by atomic mass is 10.1. The molecule has 0 aliphatic carbocycles. The number of rotatable bonds is 38. The molecule has 6 nitrogen and oxygen atoms in total. The fourth-order valence-corrected chi connectivity index (χ4v) is 5.23. The molecule has 0 radical (unpaired) electrons. The minimum absolute atomic E-state index is 0.158. The Morgan fingerprint density at radius 2 is 0.667 bits per heavy atom. The molecule has 0 aliphatic heterocycles. The minimum Gasteiger partial charge on any atom is -0.462 e. The lowest BCUT2D eigenvalue weighted by Crippen LogP contribution is -2.30. The van der Waals surface area contributed by atoms with Gasteiger partial charge in [0.25, 0.3) is 0 Å². The molecule has 0 bridgehead atoms. The van der Waals surface area contributed by atoms with Gasteiger partial charge in [0, 0.05) is 19.3 Å². The summed E-state index contributed by atoms with van der Waals surface area (Å²) in [4.78, 5) is 37.8. The molecule has 6 heteroatoms. The fourth-order valence-electron chi connectivity index (χ4n) is 5.23. The molecule has 0 aromatic carbocycles. The van der Waals surface area contributed by atoms with E-state index < -0.39 is 12.1 Å². The number of carbonyl (C=O) groups is 3. The molecule has 0 fully saturated rings. The normalized spacial score (nSPS) is 13.8. The van der Waals surface area contributed by atoms with E-state index in [2.05, 4.69) is 93.7 Å². The average molecular weight is 861 g/mol. The standard InChI is InChI=1S/C57H80O6/c1-4-7-10-13-16-19-22-25-26-27-28-29-30-33-35-38-41-44-47-50-56(59)62-53-54(63-57(60)51-48-45-42-39-36-32-24-21-18-15-12-9-6-3)52-61-55(58)49-46-43-40-37-34-31-23-20-17-14-11-8-5-2/h7-12,14-21,23-26,28-29,31-37,39-40,42,54H,4-6,13,22,27,30,38,41,43-53H2,1-3H3/b10-7-,11-8-,12-9-,17-14-,18-15-,19-16-,23-20-,24-21-,26-25-,29-28-,34-31-,35-33-,36-32-,40-37-,42-39-. The van der Waals surface area contributed by atoms with Crippen molar-refractivity contribution in [1.29, 1.82) is 0 Å². The van der Waals surface area contributed by atoms with Crippen LogP contribution in [0.4, 0.5) is 0 Å². The van der Waals surface area contributed by atoms with Crippen molar-refractivity contribution in [2.24, 2.45) is 0 Å². The summed E-state index contributed by atoms with van der Waals surface area (Å²) in [5.74, 6) is -1.16. The molecule has 0 heterocycles. The maximum absolute atomic E-state index is 12.7. The maximum Gasteiger partial charge on any atom is 0.306 e. The molecule has 0 saturated heterocycles. The first-order valence-electron chi connectivity index (χ1n) is 23.4. The number of carbonyl (C=O) groups excluding carboxylic acids is 3. The predicted octanol–water partition coefficient (Wildman–Crippen LogP) is 15.4. The van der Waals surface area contributed by atoms with Crippen LogP contribution in [-0.4, -0.2) is 37.2 Å². The average Bonchev–Trinajstić information content (AvgIpc) is 3.28. The molecule has 0 N–H and O–H groups in total. The Hall–Kier alpha value is -5.49. The third-order valence-corrected chi connectivity index (χ3v) is 8.64. The van der Waals surface area contributed by atoms with Crippen LogP contribution in [0.25, 0.3) is 0 Å². The number of hydrogen-bond donors (Lipinski definition) is 0. The largest absolute Gasteiger partial charge is 0.462 e. The Labute approximate surface area is 383 Å². The van der Waals surface area contributed by atoms with E-state index in [1.807, 2.05) is 109 Å². The Morgan fingerprint density at radius 1 is 0.333 bits per heavy atom. The van der Waals surface area contributed by atoms with Crippen molar-refractivity contribution in [1.82, 2.24) is 0 Å². The van der Waals surface area contributed by atoms with Gasteiger partial charge in [0.15, 0.2) is 6.10 Å². The first-order chi connectivity index (χ1) is 31.0. The molecule has 0 rings (SSSR count). The van der Waals surface area contributed by atoms with Crippen molar-refractivity contribution in [3.05, 3.63) is 182 Å². The molecule has 63 heavy (non-hydrogen) atoms. The van der Waals surface area contributed by atoms with Crippen LogP contribution < -0.4 is 0 Å². The highest BCUT2D eigenvalue weighted by atomic mass is 16.6. The summed E-state index contributed by atoms with van der Waals surface area (Å²) >= 11 is 0. The van der Waals surface area contributed by atoms with E-state index in [0.717, 1.165) is 70.6 Å². The Kier molecular flexibility index (Phi) is 44.9. The zero-order valence-electron chi connectivity index (χ0n) is 39.0. The van der Waals surface area contributed by atoms with Crippen LogP contribution in [0.1, 0.15) is 136 Å². The van der Waals surface area contributed by atoms with Gasteiger partial charge in [-0.1, -0.05) is 209 Å². The van der Waals surface area contributed by atoms with Crippen molar-refractivity contribution in [3.63, 3.8) is 0 Å². The van der Waals surface area contributed by atoms with Gasteiger partial charge in [-0.25, -0.2) is 0 Å². The van der Waals surface area contributed by atoms with E-state index in [4.69, 9.17) is 14.2 Å². The highest BCUT2D eigenvalue weighted by Gasteiger charge is 2.19. The molecule has 0 saturated carbocycles. The van der Waals surface area contributed by atoms with Crippen molar-refractivity contribution in [2.75, 3.05) is 13.2 Å². The van der Waals surface area contributed by atoms with E-state index in [9.17, 15) is 14.4 Å². The first-order valence-corrected chi connectivity index (χ1v) is 23.4. The van der Waals surface area contributed by atoms with Gasteiger partial charge in [-0.05, 0) is 89.9 Å². The summed E-state index contributed by atoms with van der Waals surface area (Å²) in [6.45, 7) is 6.02. The van der Waals surface area contributed by atoms with Gasteiger partial charge in [-0.15, -0.1) is 0 Å². The fraction of sp³-hybridized carbons (Fsp3) is 0.421. The topological polar surface area (TPSA) is 78.9 Å². The molecule has 0 amide bonds.